The Morgan fingerprint density at radius 1 is 1.28 bits per heavy atom. The van der Waals surface area contributed by atoms with Crippen molar-refractivity contribution < 1.29 is 39.2 Å². The number of allylic oxidation sites excluding steroid dienone is 2. The zero-order valence-corrected chi connectivity index (χ0v) is 22.9. The summed E-state index contributed by atoms with van der Waals surface area (Å²) in [6.45, 7) is 3.37. The number of benzene rings is 1. The van der Waals surface area contributed by atoms with E-state index in [1.54, 1.807) is 13.0 Å². The molecular weight excluding hydrogens is 581 g/mol. The predicted octanol–water partition coefficient (Wildman–Crippen LogP) is 3.64. The highest BCUT2D eigenvalue weighted by molar-refractivity contribution is 14.1. The molecular formula is C26H32INO8. The number of nitrogens with zero attached hydrogens (tertiary/aromatic N) is 1. The molecule has 0 saturated carbocycles. The molecule has 3 amide bonds. The van der Waals surface area contributed by atoms with E-state index in [1.807, 2.05) is 41.7 Å². The van der Waals surface area contributed by atoms with Gasteiger partial charge in [0, 0.05) is 5.92 Å². The second kappa shape index (κ2) is 11.7. The second-order valence-electron chi connectivity index (χ2n) is 9.11. The van der Waals surface area contributed by atoms with E-state index in [0.717, 1.165) is 30.2 Å². The molecule has 3 rings (SSSR count). The minimum atomic E-state index is -1.03. The second-order valence-corrected chi connectivity index (χ2v) is 10.3. The number of carbonyl (C=O) groups is 3. The first-order valence-electron chi connectivity index (χ1n) is 11.8. The molecule has 3 N–H and O–H groups in total. The Morgan fingerprint density at radius 3 is 2.56 bits per heavy atom. The van der Waals surface area contributed by atoms with Crippen LogP contribution in [0.25, 0.3) is 6.08 Å². The molecule has 0 aromatic heterocycles. The molecule has 1 aliphatic carbocycles. The standard InChI is InChI=1S/C26H32INO8/c1-5-14(9-15-10-18(27)23(31)20(11-15)35-3)6-7-19(30)21-13(2)8-16-22(17(21)12-29)25(33)28(24(16)32)26(34)36-4/h9-11,16-17,19,22,29-31H,5-8,12H2,1-4H3/b14-9+/t16-,17+,19-,22-/m1/s1. The SMILES string of the molecule is CC/C(=C\c1cc(I)c(O)c(OC)c1)CC[C@@H](O)C1=C(C)C[C@H]2C(=O)N(C(=O)OC)C(=O)[C@H]2[C@H]1CO. The minimum Gasteiger partial charge on any atom is -0.504 e. The molecule has 1 aliphatic heterocycles. The normalized spacial score (nSPS) is 23.1. The number of hydrogen-bond donors (Lipinski definition) is 3. The van der Waals surface area contributed by atoms with Crippen LogP contribution < -0.4 is 4.74 Å². The van der Waals surface area contributed by atoms with Crippen LogP contribution in [-0.2, 0) is 14.3 Å². The van der Waals surface area contributed by atoms with Crippen LogP contribution >= 0.6 is 22.6 Å². The number of rotatable bonds is 8. The van der Waals surface area contributed by atoms with Crippen LogP contribution in [0.15, 0.2) is 28.9 Å². The fraction of sp³-hybridized carbons (Fsp3) is 0.500. The lowest BCUT2D eigenvalue weighted by atomic mass is 9.68. The lowest BCUT2D eigenvalue weighted by Crippen LogP contribution is -2.39. The number of methoxy groups -OCH3 is 2. The maximum absolute atomic E-state index is 13.0. The lowest BCUT2D eigenvalue weighted by Gasteiger charge is -2.35. The third-order valence-electron chi connectivity index (χ3n) is 7.08. The summed E-state index contributed by atoms with van der Waals surface area (Å²) in [5.41, 5.74) is 3.23. The number of phenols is 1. The van der Waals surface area contributed by atoms with E-state index in [2.05, 4.69) is 4.74 Å². The molecule has 0 unspecified atom stereocenters. The van der Waals surface area contributed by atoms with Crippen LogP contribution in [0.1, 0.15) is 45.1 Å². The summed E-state index contributed by atoms with van der Waals surface area (Å²) in [5.74, 6) is -3.30. The number of hydrogen-bond acceptors (Lipinski definition) is 8. The van der Waals surface area contributed by atoms with Gasteiger partial charge >= 0.3 is 6.09 Å². The summed E-state index contributed by atoms with van der Waals surface area (Å²) in [4.78, 5) is 38.3. The summed E-state index contributed by atoms with van der Waals surface area (Å²) in [5, 5.41) is 31.4. The quantitative estimate of drug-likeness (QED) is 0.230. The molecule has 1 fully saturated rings. The van der Waals surface area contributed by atoms with Gasteiger partial charge < -0.3 is 24.8 Å². The Morgan fingerprint density at radius 2 is 1.97 bits per heavy atom. The molecule has 1 heterocycles. The summed E-state index contributed by atoms with van der Waals surface area (Å²) in [6, 6.07) is 3.59. The first-order chi connectivity index (χ1) is 17.1. The number of carbonyl (C=O) groups excluding carboxylic acids is 3. The highest BCUT2D eigenvalue weighted by Crippen LogP contribution is 2.46. The minimum absolute atomic E-state index is 0.0856. The van der Waals surface area contributed by atoms with E-state index in [0.29, 0.717) is 32.6 Å². The van der Waals surface area contributed by atoms with Crippen molar-refractivity contribution in [2.45, 2.75) is 45.6 Å². The molecule has 1 saturated heterocycles. The molecule has 36 heavy (non-hydrogen) atoms. The van der Waals surface area contributed by atoms with Gasteiger partial charge in [0.1, 0.15) is 0 Å². The number of likely N-dealkylation sites (tertiary alicyclic amines) is 1. The molecule has 4 atom stereocenters. The molecule has 0 spiro atoms. The number of phenolic OH excluding ortho intramolecular Hbond substituents is 1. The molecule has 1 aromatic carbocycles. The van der Waals surface area contributed by atoms with Crippen LogP contribution in [0.5, 0.6) is 11.5 Å². The predicted molar refractivity (Wildman–Crippen MR) is 140 cm³/mol. The van der Waals surface area contributed by atoms with Crippen molar-refractivity contribution in [2.24, 2.45) is 17.8 Å². The zero-order chi connectivity index (χ0) is 26.7. The Balaban J connectivity index is 1.81. The van der Waals surface area contributed by atoms with Gasteiger partial charge in [-0.1, -0.05) is 24.1 Å². The van der Waals surface area contributed by atoms with Gasteiger partial charge in [-0.2, -0.15) is 4.90 Å². The van der Waals surface area contributed by atoms with E-state index in [1.165, 1.54) is 7.11 Å². The first kappa shape index (κ1) is 28.1. The van der Waals surface area contributed by atoms with Crippen LogP contribution in [0, 0.1) is 21.3 Å². The molecule has 9 nitrogen and oxygen atoms in total. The van der Waals surface area contributed by atoms with Crippen LogP contribution in [0.2, 0.25) is 0 Å². The smallest absolute Gasteiger partial charge is 0.423 e. The van der Waals surface area contributed by atoms with Crippen molar-refractivity contribution in [1.29, 1.82) is 0 Å². The van der Waals surface area contributed by atoms with Gasteiger partial charge in [0.05, 0.1) is 42.3 Å². The Labute approximate surface area is 223 Å². The summed E-state index contributed by atoms with van der Waals surface area (Å²) in [6.07, 6.45) is 1.91. The molecule has 2 aliphatic rings. The third-order valence-corrected chi connectivity index (χ3v) is 7.90. The van der Waals surface area contributed by atoms with Crippen LogP contribution in [0.3, 0.4) is 0 Å². The van der Waals surface area contributed by atoms with E-state index in [4.69, 9.17) is 4.74 Å². The van der Waals surface area contributed by atoms with Gasteiger partial charge in [0.2, 0.25) is 11.8 Å². The van der Waals surface area contributed by atoms with Crippen LogP contribution in [-0.4, -0.2) is 65.1 Å². The number of fused-ring (bicyclic) bond motifs is 1. The molecule has 196 valence electrons. The highest BCUT2D eigenvalue weighted by Gasteiger charge is 2.56. The lowest BCUT2D eigenvalue weighted by molar-refractivity contribution is -0.137. The fourth-order valence-electron chi connectivity index (χ4n) is 5.29. The Bertz CT molecular complexity index is 1110. The summed E-state index contributed by atoms with van der Waals surface area (Å²) in [7, 11) is 2.59. The number of aliphatic hydroxyl groups is 2. The molecule has 10 heteroatoms. The number of aliphatic hydroxyl groups excluding tert-OH is 2. The van der Waals surface area contributed by atoms with Gasteiger partial charge in [-0.25, -0.2) is 4.79 Å². The van der Waals surface area contributed by atoms with Crippen LogP contribution in [0.4, 0.5) is 4.79 Å². The van der Waals surface area contributed by atoms with Gasteiger partial charge in [0.15, 0.2) is 11.5 Å². The molecule has 0 bridgehead atoms. The van der Waals surface area contributed by atoms with Gasteiger partial charge in [-0.3, -0.25) is 9.59 Å². The summed E-state index contributed by atoms with van der Waals surface area (Å²) >= 11 is 2.04. The maximum Gasteiger partial charge on any atom is 0.423 e. The van der Waals surface area contributed by atoms with Crippen molar-refractivity contribution in [3.05, 3.63) is 38.0 Å². The van der Waals surface area contributed by atoms with Crippen molar-refractivity contribution in [3.8, 4) is 11.5 Å². The van der Waals surface area contributed by atoms with Gasteiger partial charge in [0.25, 0.3) is 0 Å². The maximum atomic E-state index is 13.0. The van der Waals surface area contributed by atoms with E-state index < -0.39 is 48.4 Å². The van der Waals surface area contributed by atoms with Crippen molar-refractivity contribution >= 4 is 46.6 Å². The number of ether oxygens (including phenoxy) is 2. The monoisotopic (exact) mass is 613 g/mol. The number of aromatic hydroxyl groups is 1. The summed E-state index contributed by atoms with van der Waals surface area (Å²) < 4.78 is 10.5. The highest BCUT2D eigenvalue weighted by atomic mass is 127. The molecule has 0 radical (unpaired) electrons. The topological polar surface area (TPSA) is 134 Å². The van der Waals surface area contributed by atoms with Crippen molar-refractivity contribution in [2.75, 3.05) is 20.8 Å². The van der Waals surface area contributed by atoms with E-state index in [-0.39, 0.29) is 12.2 Å². The van der Waals surface area contributed by atoms with Gasteiger partial charge in [-0.05, 0) is 78.5 Å². The molecule has 1 aromatic rings. The van der Waals surface area contributed by atoms with Crippen molar-refractivity contribution in [3.63, 3.8) is 0 Å². The van der Waals surface area contributed by atoms with Gasteiger partial charge in [-0.15, -0.1) is 0 Å². The largest absolute Gasteiger partial charge is 0.504 e. The third kappa shape index (κ3) is 5.30. The Kier molecular flexibility index (Phi) is 9.18. The Hall–Kier alpha value is -2.44. The van der Waals surface area contributed by atoms with E-state index in [9.17, 15) is 29.7 Å². The fourth-order valence-corrected chi connectivity index (χ4v) is 5.91. The van der Waals surface area contributed by atoms with Crippen molar-refractivity contribution in [1.82, 2.24) is 4.90 Å². The zero-order valence-electron chi connectivity index (χ0n) is 20.8. The number of halogens is 1. The average molecular weight is 613 g/mol. The number of amides is 3. The number of imide groups is 3. The first-order valence-corrected chi connectivity index (χ1v) is 12.9. The van der Waals surface area contributed by atoms with E-state index >= 15 is 0 Å². The average Bonchev–Trinajstić information content (AvgIpc) is 3.11.